The van der Waals surface area contributed by atoms with Gasteiger partial charge in [0.05, 0.1) is 12.2 Å². The van der Waals surface area contributed by atoms with Crippen LogP contribution in [0.15, 0.2) is 47.6 Å². The largest absolute Gasteiger partial charge is 0.545 e. The molecule has 0 aromatic heterocycles. The Bertz CT molecular complexity index is 847. The lowest BCUT2D eigenvalue weighted by Crippen LogP contribution is -2.32. The molecule has 0 saturated heterocycles. The zero-order chi connectivity index (χ0) is 18.4. The molecule has 2 aromatic carbocycles. The Labute approximate surface area is 148 Å². The predicted octanol–water partition coefficient (Wildman–Crippen LogP) is 1.10. The molecule has 0 unspecified atom stereocenters. The summed E-state index contributed by atoms with van der Waals surface area (Å²) in [5, 5.41) is 17.2. The van der Waals surface area contributed by atoms with Crippen LogP contribution in [0.5, 0.6) is 0 Å². The normalized spacial score (nSPS) is 10.5. The highest BCUT2D eigenvalue weighted by Gasteiger charge is 2.13. The Morgan fingerprint density at radius 3 is 2.36 bits per heavy atom. The summed E-state index contributed by atoms with van der Waals surface area (Å²) < 4.78 is 0. The van der Waals surface area contributed by atoms with Gasteiger partial charge in [-0.25, -0.2) is 5.43 Å². The van der Waals surface area contributed by atoms with Gasteiger partial charge in [0.25, 0.3) is 0 Å². The molecule has 0 saturated carbocycles. The van der Waals surface area contributed by atoms with E-state index in [0.29, 0.717) is 21.8 Å². The van der Waals surface area contributed by atoms with Crippen LogP contribution in [-0.2, 0) is 9.59 Å². The first-order valence-corrected chi connectivity index (χ1v) is 7.46. The summed E-state index contributed by atoms with van der Waals surface area (Å²) in [7, 11) is 0. The monoisotopic (exact) mass is 358 g/mol. The van der Waals surface area contributed by atoms with E-state index in [1.165, 1.54) is 30.5 Å². The van der Waals surface area contributed by atoms with E-state index in [2.05, 4.69) is 15.8 Å². The summed E-state index contributed by atoms with van der Waals surface area (Å²) in [6, 6.07) is 10.5. The molecule has 0 spiro atoms. The van der Waals surface area contributed by atoms with Crippen LogP contribution in [0.1, 0.15) is 21.5 Å². The van der Waals surface area contributed by atoms with Crippen molar-refractivity contribution in [2.75, 3.05) is 5.32 Å². The first-order chi connectivity index (χ1) is 11.9. The van der Waals surface area contributed by atoms with Crippen LogP contribution in [0, 0.1) is 6.92 Å². The average molecular weight is 359 g/mol. The van der Waals surface area contributed by atoms with Crippen LogP contribution >= 0.6 is 11.6 Å². The number of nitrogens with zero attached hydrogens (tertiary/aromatic N) is 1. The minimum Gasteiger partial charge on any atom is -0.545 e. The molecule has 128 valence electrons. The second-order valence-corrected chi connectivity index (χ2v) is 5.46. The van der Waals surface area contributed by atoms with Gasteiger partial charge in [0.2, 0.25) is 0 Å². The first-order valence-electron chi connectivity index (χ1n) is 7.09. The third-order valence-electron chi connectivity index (χ3n) is 3.17. The van der Waals surface area contributed by atoms with Crippen molar-refractivity contribution in [1.29, 1.82) is 0 Å². The summed E-state index contributed by atoms with van der Waals surface area (Å²) in [5.74, 6) is -3.11. The van der Waals surface area contributed by atoms with Gasteiger partial charge in [-0.05, 0) is 41.8 Å². The van der Waals surface area contributed by atoms with Gasteiger partial charge in [0.1, 0.15) is 0 Å². The molecule has 0 atom stereocenters. The van der Waals surface area contributed by atoms with Gasteiger partial charge >= 0.3 is 11.8 Å². The topological polar surface area (TPSA) is 111 Å². The van der Waals surface area contributed by atoms with Crippen molar-refractivity contribution >= 4 is 41.3 Å². The Hall–Kier alpha value is -3.19. The fraction of sp³-hybridized carbons (Fsp3) is 0.0588. The highest BCUT2D eigenvalue weighted by atomic mass is 35.5. The van der Waals surface area contributed by atoms with E-state index in [1.54, 1.807) is 25.1 Å². The molecule has 8 heteroatoms. The van der Waals surface area contributed by atoms with Crippen molar-refractivity contribution in [3.63, 3.8) is 0 Å². The minimum absolute atomic E-state index is 0.0268. The van der Waals surface area contributed by atoms with Crippen molar-refractivity contribution in [1.82, 2.24) is 5.43 Å². The number of carboxylic acid groups (broad SMARTS) is 1. The summed E-state index contributed by atoms with van der Waals surface area (Å²) in [6.07, 6.45) is 1.28. The van der Waals surface area contributed by atoms with Crippen molar-refractivity contribution in [3.05, 3.63) is 64.2 Å². The maximum absolute atomic E-state index is 11.8. The van der Waals surface area contributed by atoms with E-state index in [4.69, 9.17) is 11.6 Å². The lowest BCUT2D eigenvalue weighted by atomic mass is 10.1. The number of nitrogens with one attached hydrogen (secondary N) is 2. The van der Waals surface area contributed by atoms with Gasteiger partial charge in [0.15, 0.2) is 0 Å². The number of carbonyl (C=O) groups excluding carboxylic acids is 3. The highest BCUT2D eigenvalue weighted by Crippen LogP contribution is 2.19. The van der Waals surface area contributed by atoms with E-state index in [0.717, 1.165) is 0 Å². The maximum atomic E-state index is 11.8. The van der Waals surface area contributed by atoms with Crippen LogP contribution < -0.4 is 15.8 Å². The molecule has 0 aliphatic carbocycles. The van der Waals surface area contributed by atoms with Gasteiger partial charge in [-0.2, -0.15) is 5.10 Å². The van der Waals surface area contributed by atoms with E-state index < -0.39 is 17.8 Å². The van der Waals surface area contributed by atoms with Crippen molar-refractivity contribution in [3.8, 4) is 0 Å². The van der Waals surface area contributed by atoms with Crippen LogP contribution in [0.3, 0.4) is 0 Å². The standard InChI is InChI=1S/C17H14ClN3O4/c1-10-8-13(18)6-7-14(10)20-15(22)16(23)21-19-9-11-2-4-12(5-3-11)17(24)25/h2-9H,1H3,(H,20,22)(H,21,23)(H,24,25)/p-1/b19-9-. The number of hydrazone groups is 1. The summed E-state index contributed by atoms with van der Waals surface area (Å²) >= 11 is 5.82. The second-order valence-electron chi connectivity index (χ2n) is 5.02. The number of benzene rings is 2. The number of aromatic carboxylic acids is 1. The predicted molar refractivity (Wildman–Crippen MR) is 91.3 cm³/mol. The first kappa shape index (κ1) is 18.2. The molecule has 25 heavy (non-hydrogen) atoms. The maximum Gasteiger partial charge on any atom is 0.329 e. The molecule has 2 rings (SSSR count). The fourth-order valence-electron chi connectivity index (χ4n) is 1.87. The Kier molecular flexibility index (Phi) is 5.86. The van der Waals surface area contributed by atoms with Gasteiger partial charge in [0, 0.05) is 10.7 Å². The zero-order valence-corrected chi connectivity index (χ0v) is 13.8. The van der Waals surface area contributed by atoms with E-state index in [-0.39, 0.29) is 5.56 Å². The van der Waals surface area contributed by atoms with Crippen LogP contribution in [0.2, 0.25) is 5.02 Å². The Morgan fingerprint density at radius 1 is 1.08 bits per heavy atom. The number of carbonyl (C=O) groups is 3. The van der Waals surface area contributed by atoms with Crippen LogP contribution in [0.25, 0.3) is 0 Å². The van der Waals surface area contributed by atoms with Crippen LogP contribution in [0.4, 0.5) is 5.69 Å². The van der Waals surface area contributed by atoms with Gasteiger partial charge in [-0.15, -0.1) is 0 Å². The van der Waals surface area contributed by atoms with E-state index >= 15 is 0 Å². The number of aryl methyl sites for hydroxylation is 1. The molecule has 0 aliphatic heterocycles. The smallest absolute Gasteiger partial charge is 0.329 e. The number of halogens is 1. The molecule has 0 aliphatic rings. The third-order valence-corrected chi connectivity index (χ3v) is 3.40. The van der Waals surface area contributed by atoms with Crippen molar-refractivity contribution in [2.24, 2.45) is 5.10 Å². The molecule has 0 bridgehead atoms. The third kappa shape index (κ3) is 5.15. The van der Waals surface area contributed by atoms with E-state index in [9.17, 15) is 19.5 Å². The Morgan fingerprint density at radius 2 is 1.76 bits per heavy atom. The SMILES string of the molecule is Cc1cc(Cl)ccc1NC(=O)C(=O)N/N=C\c1ccc(C(=O)[O-])cc1. The van der Waals surface area contributed by atoms with Gasteiger partial charge in [-0.1, -0.05) is 35.9 Å². The summed E-state index contributed by atoms with van der Waals surface area (Å²) in [6.45, 7) is 1.74. The number of amides is 2. The molecule has 2 amide bonds. The van der Waals surface area contributed by atoms with Gasteiger partial charge in [-0.3, -0.25) is 9.59 Å². The average Bonchev–Trinajstić information content (AvgIpc) is 2.57. The van der Waals surface area contributed by atoms with E-state index in [1.807, 2.05) is 0 Å². The molecule has 0 radical (unpaired) electrons. The van der Waals surface area contributed by atoms with Gasteiger partial charge < -0.3 is 15.2 Å². The van der Waals surface area contributed by atoms with Crippen molar-refractivity contribution in [2.45, 2.75) is 6.92 Å². The fourth-order valence-corrected chi connectivity index (χ4v) is 2.09. The molecule has 2 N–H and O–H groups in total. The number of rotatable bonds is 4. The molecule has 0 heterocycles. The Balaban J connectivity index is 1.92. The molecular formula is C17H13ClN3O4-. The highest BCUT2D eigenvalue weighted by molar-refractivity contribution is 6.39. The summed E-state index contributed by atoms with van der Waals surface area (Å²) in [5.41, 5.74) is 3.83. The molecule has 0 fully saturated rings. The molecular weight excluding hydrogens is 346 g/mol. The van der Waals surface area contributed by atoms with Crippen LogP contribution in [-0.4, -0.2) is 24.0 Å². The quantitative estimate of drug-likeness (QED) is 0.484. The molecule has 7 nitrogen and oxygen atoms in total. The zero-order valence-electron chi connectivity index (χ0n) is 13.1. The summed E-state index contributed by atoms with van der Waals surface area (Å²) in [4.78, 5) is 34.1. The lowest BCUT2D eigenvalue weighted by Gasteiger charge is -2.07. The van der Waals surface area contributed by atoms with Crippen molar-refractivity contribution < 1.29 is 19.5 Å². The number of carboxylic acids is 1. The minimum atomic E-state index is -1.29. The second kappa shape index (κ2) is 8.07. The molecule has 2 aromatic rings. The number of anilines is 1. The number of hydrogen-bond acceptors (Lipinski definition) is 5. The number of hydrogen-bond donors (Lipinski definition) is 2. The lowest BCUT2D eigenvalue weighted by molar-refractivity contribution is -0.255.